The highest BCUT2D eigenvalue weighted by Crippen LogP contribution is 2.40. The van der Waals surface area contributed by atoms with Gasteiger partial charge in [0.25, 0.3) is 0 Å². The van der Waals surface area contributed by atoms with Crippen LogP contribution in [0.25, 0.3) is 0 Å². The Balaban J connectivity index is 1.84. The monoisotopic (exact) mass is 366 g/mol. The smallest absolute Gasteiger partial charge is 0.315 e. The van der Waals surface area contributed by atoms with Gasteiger partial charge < -0.3 is 26.6 Å². The molecular formula is C18H27FN4O3. The van der Waals surface area contributed by atoms with Gasteiger partial charge in [-0.25, -0.2) is 9.18 Å². The van der Waals surface area contributed by atoms with Crippen molar-refractivity contribution in [3.63, 3.8) is 0 Å². The zero-order chi connectivity index (χ0) is 18.9. The molecule has 1 aromatic rings. The minimum absolute atomic E-state index is 0.0468. The van der Waals surface area contributed by atoms with Gasteiger partial charge in [-0.2, -0.15) is 0 Å². The maximum Gasteiger partial charge on any atom is 0.315 e. The topological polar surface area (TPSA) is 125 Å². The fraction of sp³-hybridized carbons (Fsp3) is 0.611. The molecule has 1 saturated carbocycles. The van der Waals surface area contributed by atoms with Gasteiger partial charge in [0.15, 0.2) is 0 Å². The molecule has 2 amide bonds. The van der Waals surface area contributed by atoms with Crippen LogP contribution in [0.3, 0.4) is 0 Å². The first-order chi connectivity index (χ1) is 12.4. The van der Waals surface area contributed by atoms with Gasteiger partial charge in [0.2, 0.25) is 0 Å². The van der Waals surface area contributed by atoms with E-state index in [-0.39, 0.29) is 37.0 Å². The summed E-state index contributed by atoms with van der Waals surface area (Å²) < 4.78 is 13.6. The van der Waals surface area contributed by atoms with E-state index in [4.69, 9.17) is 11.5 Å². The summed E-state index contributed by atoms with van der Waals surface area (Å²) in [6.07, 6.45) is 2.86. The van der Waals surface area contributed by atoms with Gasteiger partial charge in [-0.15, -0.1) is 0 Å². The first-order valence-corrected chi connectivity index (χ1v) is 9.03. The molecule has 3 rings (SSSR count). The SMILES string of the molecule is NCc1cc(F)ccc1C1CC(NC(O)(CO)C2CC2)CCN1C(N)=O. The fourth-order valence-corrected chi connectivity index (χ4v) is 3.94. The minimum Gasteiger partial charge on any atom is -0.392 e. The number of nitrogens with one attached hydrogen (secondary N) is 1. The van der Waals surface area contributed by atoms with Crippen LogP contribution in [0.4, 0.5) is 9.18 Å². The predicted molar refractivity (Wildman–Crippen MR) is 94.2 cm³/mol. The first kappa shape index (κ1) is 19.0. The summed E-state index contributed by atoms with van der Waals surface area (Å²) >= 11 is 0. The van der Waals surface area contributed by atoms with Gasteiger partial charge in [0.05, 0.1) is 12.6 Å². The lowest BCUT2D eigenvalue weighted by Crippen LogP contribution is -2.58. The van der Waals surface area contributed by atoms with Crippen molar-refractivity contribution in [3.8, 4) is 0 Å². The van der Waals surface area contributed by atoms with Crippen molar-refractivity contribution in [2.75, 3.05) is 13.2 Å². The number of hydrogen-bond donors (Lipinski definition) is 5. The van der Waals surface area contributed by atoms with Crippen molar-refractivity contribution in [1.29, 1.82) is 0 Å². The van der Waals surface area contributed by atoms with E-state index in [1.165, 1.54) is 12.1 Å². The Morgan fingerprint density at radius 1 is 1.38 bits per heavy atom. The number of aliphatic hydroxyl groups excluding tert-OH is 1. The molecule has 0 aromatic heterocycles. The highest BCUT2D eigenvalue weighted by molar-refractivity contribution is 5.73. The van der Waals surface area contributed by atoms with Crippen LogP contribution in [0.15, 0.2) is 18.2 Å². The Hall–Kier alpha value is -1.74. The van der Waals surface area contributed by atoms with Crippen molar-refractivity contribution in [1.82, 2.24) is 10.2 Å². The number of urea groups is 1. The van der Waals surface area contributed by atoms with Gasteiger partial charge in [-0.1, -0.05) is 6.07 Å². The molecule has 1 aliphatic heterocycles. The number of hydrogen-bond acceptors (Lipinski definition) is 5. The van der Waals surface area contributed by atoms with E-state index in [0.717, 1.165) is 18.4 Å². The largest absolute Gasteiger partial charge is 0.392 e. The standard InChI is InChI=1S/C18H27FN4O3/c19-13-3-4-15(11(7-13)9-20)16-8-14(5-6-23(16)17(21)25)22-18(26,10-24)12-1-2-12/h3-4,7,12,14,16,22,24,26H,1-2,5-6,8-10,20H2,(H2,21,25). The zero-order valence-electron chi connectivity index (χ0n) is 14.7. The van der Waals surface area contributed by atoms with Crippen molar-refractivity contribution in [2.24, 2.45) is 17.4 Å². The molecule has 7 nitrogen and oxygen atoms in total. The Bertz CT molecular complexity index is 670. The number of carbonyl (C=O) groups excluding carboxylic acids is 1. The molecule has 1 heterocycles. The molecular weight excluding hydrogens is 339 g/mol. The Kier molecular flexibility index (Phi) is 5.47. The van der Waals surface area contributed by atoms with E-state index in [0.29, 0.717) is 24.9 Å². The number of nitrogens with zero attached hydrogens (tertiary/aromatic N) is 1. The average Bonchev–Trinajstić information content (AvgIpc) is 3.46. The lowest BCUT2D eigenvalue weighted by Gasteiger charge is -2.42. The normalized spacial score (nSPS) is 25.8. The molecule has 2 fully saturated rings. The van der Waals surface area contributed by atoms with E-state index in [1.807, 2.05) is 0 Å². The van der Waals surface area contributed by atoms with E-state index >= 15 is 0 Å². The number of primary amides is 1. The third-order valence-corrected chi connectivity index (χ3v) is 5.52. The number of nitrogens with two attached hydrogens (primary N) is 2. The van der Waals surface area contributed by atoms with Crippen molar-refractivity contribution in [2.45, 2.75) is 50.0 Å². The Labute approximate surface area is 152 Å². The molecule has 0 radical (unpaired) electrons. The summed E-state index contributed by atoms with van der Waals surface area (Å²) in [5.74, 6) is -0.334. The fourth-order valence-electron chi connectivity index (χ4n) is 3.94. The lowest BCUT2D eigenvalue weighted by molar-refractivity contribution is -0.0748. The number of piperidine rings is 1. The van der Waals surface area contributed by atoms with Crippen LogP contribution in [0.5, 0.6) is 0 Å². The van der Waals surface area contributed by atoms with Gasteiger partial charge in [0.1, 0.15) is 11.5 Å². The molecule has 1 saturated heterocycles. The number of carbonyl (C=O) groups is 1. The Morgan fingerprint density at radius 2 is 2.12 bits per heavy atom. The zero-order valence-corrected chi connectivity index (χ0v) is 14.7. The second-order valence-corrected chi connectivity index (χ2v) is 7.32. The highest BCUT2D eigenvalue weighted by Gasteiger charge is 2.45. The summed E-state index contributed by atoms with van der Waals surface area (Å²) in [5, 5.41) is 23.4. The number of likely N-dealkylation sites (tertiary alicyclic amines) is 1. The highest BCUT2D eigenvalue weighted by atomic mass is 19.1. The maximum atomic E-state index is 13.6. The van der Waals surface area contributed by atoms with Gasteiger partial charge in [0, 0.05) is 25.0 Å². The molecule has 1 aliphatic carbocycles. The molecule has 3 unspecified atom stereocenters. The molecule has 2 aliphatic rings. The summed E-state index contributed by atoms with van der Waals surface area (Å²) in [5.41, 5.74) is 11.4. The average molecular weight is 366 g/mol. The summed E-state index contributed by atoms with van der Waals surface area (Å²) in [6, 6.07) is 3.35. The summed E-state index contributed by atoms with van der Waals surface area (Å²) in [4.78, 5) is 13.5. The van der Waals surface area contributed by atoms with Crippen LogP contribution in [-0.4, -0.2) is 46.1 Å². The molecule has 26 heavy (non-hydrogen) atoms. The quantitative estimate of drug-likeness (QED) is 0.470. The Morgan fingerprint density at radius 3 is 2.69 bits per heavy atom. The third-order valence-electron chi connectivity index (χ3n) is 5.52. The first-order valence-electron chi connectivity index (χ1n) is 9.03. The number of aliphatic hydroxyl groups is 2. The summed E-state index contributed by atoms with van der Waals surface area (Å²) in [6.45, 7) is 0.200. The molecule has 8 heteroatoms. The molecule has 7 N–H and O–H groups in total. The molecule has 0 spiro atoms. The number of halogens is 1. The van der Waals surface area contributed by atoms with Crippen LogP contribution in [0.1, 0.15) is 42.9 Å². The maximum absolute atomic E-state index is 13.6. The van der Waals surface area contributed by atoms with E-state index < -0.39 is 11.8 Å². The number of benzene rings is 1. The van der Waals surface area contributed by atoms with Crippen molar-refractivity contribution < 1.29 is 19.4 Å². The van der Waals surface area contributed by atoms with E-state index in [9.17, 15) is 19.4 Å². The number of amides is 2. The predicted octanol–water partition coefficient (Wildman–Crippen LogP) is 0.549. The van der Waals surface area contributed by atoms with Crippen molar-refractivity contribution >= 4 is 6.03 Å². The van der Waals surface area contributed by atoms with Gasteiger partial charge >= 0.3 is 6.03 Å². The third kappa shape index (κ3) is 3.83. The number of rotatable bonds is 6. The lowest BCUT2D eigenvalue weighted by atomic mass is 9.88. The molecule has 3 atom stereocenters. The second kappa shape index (κ2) is 7.48. The van der Waals surface area contributed by atoms with Crippen LogP contribution in [0, 0.1) is 11.7 Å². The van der Waals surface area contributed by atoms with Crippen molar-refractivity contribution in [3.05, 3.63) is 35.1 Å². The van der Waals surface area contributed by atoms with Crippen LogP contribution >= 0.6 is 0 Å². The van der Waals surface area contributed by atoms with Gasteiger partial charge in [-0.3, -0.25) is 5.32 Å². The van der Waals surface area contributed by atoms with E-state index in [1.54, 1.807) is 11.0 Å². The minimum atomic E-state index is -1.30. The molecule has 1 aromatic carbocycles. The molecule has 0 bridgehead atoms. The summed E-state index contributed by atoms with van der Waals surface area (Å²) in [7, 11) is 0. The van der Waals surface area contributed by atoms with Crippen LogP contribution in [0.2, 0.25) is 0 Å². The second-order valence-electron chi connectivity index (χ2n) is 7.32. The molecule has 144 valence electrons. The van der Waals surface area contributed by atoms with Gasteiger partial charge in [-0.05, 0) is 48.9 Å². The van der Waals surface area contributed by atoms with Crippen LogP contribution in [-0.2, 0) is 6.54 Å². The van der Waals surface area contributed by atoms with E-state index in [2.05, 4.69) is 5.32 Å². The van der Waals surface area contributed by atoms with Crippen LogP contribution < -0.4 is 16.8 Å².